The molecule has 0 atom stereocenters. The Labute approximate surface area is 195 Å². The molecule has 0 bridgehead atoms. The molecule has 0 fully saturated rings. The Morgan fingerprint density at radius 2 is 1.76 bits per heavy atom. The molecule has 6 nitrogen and oxygen atoms in total. The van der Waals surface area contributed by atoms with Crippen LogP contribution in [-0.2, 0) is 17.8 Å². The van der Waals surface area contributed by atoms with Gasteiger partial charge in [-0.1, -0.05) is 59.9 Å². The molecule has 0 saturated heterocycles. The van der Waals surface area contributed by atoms with E-state index in [1.165, 1.54) is 11.3 Å². The van der Waals surface area contributed by atoms with Crippen molar-refractivity contribution in [3.8, 4) is 17.2 Å². The maximum Gasteiger partial charge on any atom is 0.235 e. The number of aromatic nitrogens is 2. The highest BCUT2D eigenvalue weighted by molar-refractivity contribution is 7.22. The first-order chi connectivity index (χ1) is 16.2. The summed E-state index contributed by atoms with van der Waals surface area (Å²) in [6.45, 7) is 0.417. The molecule has 2 heterocycles. The van der Waals surface area contributed by atoms with Crippen molar-refractivity contribution in [1.82, 2.24) is 9.97 Å². The molecular formula is C26H21N3O3S. The molecule has 2 aromatic heterocycles. The predicted molar refractivity (Wildman–Crippen MR) is 129 cm³/mol. The molecule has 5 aromatic rings. The number of benzene rings is 3. The monoisotopic (exact) mass is 455 g/mol. The zero-order valence-corrected chi connectivity index (χ0v) is 18.8. The molecule has 0 saturated carbocycles. The Hall–Kier alpha value is -3.97. The van der Waals surface area contributed by atoms with Crippen molar-refractivity contribution in [3.63, 3.8) is 0 Å². The fourth-order valence-electron chi connectivity index (χ4n) is 3.52. The summed E-state index contributed by atoms with van der Waals surface area (Å²) in [5, 5.41) is 0.638. The van der Waals surface area contributed by atoms with Crippen molar-refractivity contribution < 1.29 is 13.9 Å². The van der Waals surface area contributed by atoms with Crippen molar-refractivity contribution in [3.05, 3.63) is 96.4 Å². The largest absolute Gasteiger partial charge is 0.497 e. The summed E-state index contributed by atoms with van der Waals surface area (Å²) in [4.78, 5) is 24.4. The highest BCUT2D eigenvalue weighted by atomic mass is 32.1. The maximum absolute atomic E-state index is 13.4. The average Bonchev–Trinajstić information content (AvgIpc) is 3.50. The second-order valence-electron chi connectivity index (χ2n) is 7.48. The van der Waals surface area contributed by atoms with Gasteiger partial charge in [-0.3, -0.25) is 9.69 Å². The molecule has 1 amide bonds. The first-order valence-electron chi connectivity index (χ1n) is 10.5. The first kappa shape index (κ1) is 20.9. The Balaban J connectivity index is 1.44. The number of thiazole rings is 1. The summed E-state index contributed by atoms with van der Waals surface area (Å²) in [6, 6.07) is 25.2. The van der Waals surface area contributed by atoms with E-state index in [0.717, 1.165) is 27.1 Å². The van der Waals surface area contributed by atoms with E-state index in [1.54, 1.807) is 18.3 Å². The third kappa shape index (κ3) is 4.63. The number of anilines is 1. The van der Waals surface area contributed by atoms with E-state index in [9.17, 15) is 4.79 Å². The summed E-state index contributed by atoms with van der Waals surface area (Å²) < 4.78 is 11.9. The number of carbonyl (C=O) groups is 1. The van der Waals surface area contributed by atoms with Crippen LogP contribution in [0.3, 0.4) is 0 Å². The quantitative estimate of drug-likeness (QED) is 0.313. The number of hydrogen-bond acceptors (Lipinski definition) is 6. The Bertz CT molecular complexity index is 1380. The highest BCUT2D eigenvalue weighted by Crippen LogP contribution is 2.32. The van der Waals surface area contributed by atoms with Gasteiger partial charge in [-0.05, 0) is 35.9 Å². The van der Waals surface area contributed by atoms with Crippen LogP contribution in [0.5, 0.6) is 5.75 Å². The number of carbonyl (C=O) groups excluding carboxylic acids is 1. The fraction of sp³-hybridized carbons (Fsp3) is 0.115. The zero-order chi connectivity index (χ0) is 22.6. The second kappa shape index (κ2) is 9.26. The molecule has 0 radical (unpaired) electrons. The highest BCUT2D eigenvalue weighted by Gasteiger charge is 2.22. The van der Waals surface area contributed by atoms with Gasteiger partial charge in [0.2, 0.25) is 11.8 Å². The topological polar surface area (TPSA) is 68.5 Å². The number of rotatable bonds is 7. The Morgan fingerprint density at radius 3 is 2.52 bits per heavy atom. The van der Waals surface area contributed by atoms with Crippen LogP contribution < -0.4 is 9.64 Å². The summed E-state index contributed by atoms with van der Waals surface area (Å²) in [5.41, 5.74) is 3.31. The zero-order valence-electron chi connectivity index (χ0n) is 18.0. The number of methoxy groups -OCH3 is 1. The first-order valence-corrected chi connectivity index (χ1v) is 11.3. The van der Waals surface area contributed by atoms with E-state index < -0.39 is 0 Å². The van der Waals surface area contributed by atoms with Gasteiger partial charge in [-0.2, -0.15) is 0 Å². The van der Waals surface area contributed by atoms with E-state index in [-0.39, 0.29) is 12.3 Å². The molecule has 0 N–H and O–H groups in total. The van der Waals surface area contributed by atoms with E-state index in [1.807, 2.05) is 78.9 Å². The van der Waals surface area contributed by atoms with Crippen molar-refractivity contribution in [2.75, 3.05) is 12.0 Å². The summed E-state index contributed by atoms with van der Waals surface area (Å²) in [7, 11) is 1.63. The molecule has 5 rings (SSSR count). The fourth-order valence-corrected chi connectivity index (χ4v) is 4.53. The van der Waals surface area contributed by atoms with Crippen molar-refractivity contribution in [2.45, 2.75) is 13.0 Å². The van der Waals surface area contributed by atoms with Gasteiger partial charge >= 0.3 is 0 Å². The van der Waals surface area contributed by atoms with Crippen LogP contribution in [0.1, 0.15) is 11.3 Å². The molecule has 7 heteroatoms. The maximum atomic E-state index is 13.4. The lowest BCUT2D eigenvalue weighted by Crippen LogP contribution is -2.31. The minimum atomic E-state index is -0.0993. The van der Waals surface area contributed by atoms with Crippen LogP contribution in [-0.4, -0.2) is 23.0 Å². The van der Waals surface area contributed by atoms with Gasteiger partial charge in [0.25, 0.3) is 0 Å². The van der Waals surface area contributed by atoms with Gasteiger partial charge in [0, 0.05) is 5.56 Å². The van der Waals surface area contributed by atoms with Crippen molar-refractivity contribution in [2.24, 2.45) is 0 Å². The van der Waals surface area contributed by atoms with Crippen LogP contribution in [0.4, 0.5) is 5.13 Å². The minimum absolute atomic E-state index is 0.0993. The molecule has 0 unspecified atom stereocenters. The van der Waals surface area contributed by atoms with Crippen molar-refractivity contribution >= 4 is 32.6 Å². The van der Waals surface area contributed by atoms with Crippen LogP contribution in [0.2, 0.25) is 0 Å². The molecular weight excluding hydrogens is 434 g/mol. The third-order valence-electron chi connectivity index (χ3n) is 5.20. The predicted octanol–water partition coefficient (Wildman–Crippen LogP) is 5.74. The third-order valence-corrected chi connectivity index (χ3v) is 6.25. The molecule has 33 heavy (non-hydrogen) atoms. The number of oxazole rings is 1. The lowest BCUT2D eigenvalue weighted by Gasteiger charge is -2.19. The van der Waals surface area contributed by atoms with Crippen LogP contribution >= 0.6 is 11.3 Å². The number of hydrogen-bond donors (Lipinski definition) is 0. The molecule has 0 aliphatic carbocycles. The van der Waals surface area contributed by atoms with Gasteiger partial charge in [-0.25, -0.2) is 9.97 Å². The second-order valence-corrected chi connectivity index (χ2v) is 8.49. The Kier molecular flexibility index (Phi) is 5.87. The lowest BCUT2D eigenvalue weighted by atomic mass is 10.2. The van der Waals surface area contributed by atoms with Gasteiger partial charge in [0.05, 0.1) is 36.0 Å². The Morgan fingerprint density at radius 1 is 1.00 bits per heavy atom. The van der Waals surface area contributed by atoms with E-state index in [0.29, 0.717) is 23.3 Å². The number of fused-ring (bicyclic) bond motifs is 1. The van der Waals surface area contributed by atoms with Crippen LogP contribution in [0, 0.1) is 0 Å². The van der Waals surface area contributed by atoms with E-state index in [4.69, 9.17) is 14.1 Å². The molecule has 0 aliphatic heterocycles. The number of amides is 1. The van der Waals surface area contributed by atoms with Gasteiger partial charge in [-0.15, -0.1) is 0 Å². The lowest BCUT2D eigenvalue weighted by molar-refractivity contribution is -0.118. The molecule has 164 valence electrons. The van der Waals surface area contributed by atoms with Gasteiger partial charge < -0.3 is 9.15 Å². The average molecular weight is 456 g/mol. The standard InChI is InChI=1S/C26H21N3O3S/c1-31-21-12-13-22-23(15-21)33-26(28-22)29(16-18-8-4-2-5-9-18)24(30)14-20-17-32-25(27-20)19-10-6-3-7-11-19/h2-13,15,17H,14,16H2,1H3. The smallest absolute Gasteiger partial charge is 0.235 e. The number of nitrogens with zero attached hydrogens (tertiary/aromatic N) is 3. The molecule has 3 aromatic carbocycles. The molecule has 0 spiro atoms. The van der Waals surface area contributed by atoms with Gasteiger partial charge in [0.15, 0.2) is 5.13 Å². The number of ether oxygens (including phenoxy) is 1. The SMILES string of the molecule is COc1ccc2nc(N(Cc3ccccc3)C(=O)Cc3coc(-c4ccccc4)n3)sc2c1. The summed E-state index contributed by atoms with van der Waals surface area (Å²) >= 11 is 1.47. The molecule has 0 aliphatic rings. The van der Waals surface area contributed by atoms with Gasteiger partial charge in [0.1, 0.15) is 12.0 Å². The minimum Gasteiger partial charge on any atom is -0.497 e. The summed E-state index contributed by atoms with van der Waals surface area (Å²) in [5.74, 6) is 1.16. The normalized spacial score (nSPS) is 10.9. The van der Waals surface area contributed by atoms with E-state index >= 15 is 0 Å². The van der Waals surface area contributed by atoms with Crippen molar-refractivity contribution in [1.29, 1.82) is 0 Å². The van der Waals surface area contributed by atoms with E-state index in [2.05, 4.69) is 4.98 Å². The summed E-state index contributed by atoms with van der Waals surface area (Å²) in [6.07, 6.45) is 1.66. The van der Waals surface area contributed by atoms with Crippen LogP contribution in [0.25, 0.3) is 21.7 Å². The van der Waals surface area contributed by atoms with Crippen LogP contribution in [0.15, 0.2) is 89.5 Å².